The Morgan fingerprint density at radius 1 is 1.56 bits per heavy atom. The first-order valence-corrected chi connectivity index (χ1v) is 5.02. The molecule has 0 radical (unpaired) electrons. The summed E-state index contributed by atoms with van der Waals surface area (Å²) in [5, 5.41) is 0. The molecule has 4 heteroatoms. The van der Waals surface area contributed by atoms with E-state index in [0.29, 0.717) is 12.4 Å². The molecule has 4 nitrogen and oxygen atoms in total. The molecule has 0 amide bonds. The zero-order valence-electron chi connectivity index (χ0n) is 9.69. The molecule has 16 heavy (non-hydrogen) atoms. The van der Waals surface area contributed by atoms with Gasteiger partial charge in [0.1, 0.15) is 5.75 Å². The van der Waals surface area contributed by atoms with Gasteiger partial charge in [-0.2, -0.15) is 0 Å². The maximum Gasteiger partial charge on any atom is 0.330 e. The van der Waals surface area contributed by atoms with Gasteiger partial charge in [-0.1, -0.05) is 0 Å². The molecule has 0 fully saturated rings. The number of ether oxygens (including phenoxy) is 2. The van der Waals surface area contributed by atoms with Gasteiger partial charge in [0.2, 0.25) is 0 Å². The van der Waals surface area contributed by atoms with Crippen molar-refractivity contribution in [1.29, 1.82) is 0 Å². The standard InChI is InChI=1S/C12H15NO3/c1-4-16-12(14)6-5-10-7-11(15-3)8-13-9(10)2/h5-8H,4H2,1-3H3. The fraction of sp³-hybridized carbons (Fsp3) is 0.333. The largest absolute Gasteiger partial charge is 0.495 e. The first kappa shape index (κ1) is 12.2. The summed E-state index contributed by atoms with van der Waals surface area (Å²) in [5.74, 6) is 0.304. The summed E-state index contributed by atoms with van der Waals surface area (Å²) in [6.07, 6.45) is 4.69. The normalized spacial score (nSPS) is 10.4. The lowest BCUT2D eigenvalue weighted by Gasteiger charge is -2.03. The molecule has 0 bridgehead atoms. The van der Waals surface area contributed by atoms with Crippen molar-refractivity contribution in [2.75, 3.05) is 13.7 Å². The van der Waals surface area contributed by atoms with Crippen LogP contribution in [0.3, 0.4) is 0 Å². The maximum atomic E-state index is 11.1. The molecular formula is C12H15NO3. The van der Waals surface area contributed by atoms with Crippen molar-refractivity contribution in [3.8, 4) is 5.75 Å². The van der Waals surface area contributed by atoms with Crippen molar-refractivity contribution in [2.45, 2.75) is 13.8 Å². The van der Waals surface area contributed by atoms with E-state index in [9.17, 15) is 4.79 Å². The Morgan fingerprint density at radius 2 is 2.31 bits per heavy atom. The van der Waals surface area contributed by atoms with E-state index in [1.807, 2.05) is 13.0 Å². The van der Waals surface area contributed by atoms with Gasteiger partial charge in [-0.15, -0.1) is 0 Å². The number of hydrogen-bond donors (Lipinski definition) is 0. The van der Waals surface area contributed by atoms with Gasteiger partial charge in [0.25, 0.3) is 0 Å². The highest BCUT2D eigenvalue weighted by molar-refractivity contribution is 5.87. The van der Waals surface area contributed by atoms with E-state index < -0.39 is 0 Å². The van der Waals surface area contributed by atoms with E-state index in [0.717, 1.165) is 11.3 Å². The van der Waals surface area contributed by atoms with Crippen LogP contribution in [0.4, 0.5) is 0 Å². The van der Waals surface area contributed by atoms with Crippen LogP contribution in [-0.2, 0) is 9.53 Å². The van der Waals surface area contributed by atoms with E-state index in [1.54, 1.807) is 26.3 Å². The molecule has 0 aliphatic carbocycles. The Bertz CT molecular complexity index is 399. The minimum absolute atomic E-state index is 0.357. The number of pyridine rings is 1. The van der Waals surface area contributed by atoms with Crippen molar-refractivity contribution in [1.82, 2.24) is 4.98 Å². The summed E-state index contributed by atoms with van der Waals surface area (Å²) < 4.78 is 9.83. The second-order valence-electron chi connectivity index (χ2n) is 3.14. The zero-order chi connectivity index (χ0) is 12.0. The van der Waals surface area contributed by atoms with Crippen LogP contribution in [0.1, 0.15) is 18.2 Å². The minimum Gasteiger partial charge on any atom is -0.495 e. The zero-order valence-corrected chi connectivity index (χ0v) is 9.69. The summed E-state index contributed by atoms with van der Waals surface area (Å²) in [4.78, 5) is 15.3. The monoisotopic (exact) mass is 221 g/mol. The molecule has 1 heterocycles. The van der Waals surface area contributed by atoms with Crippen molar-refractivity contribution < 1.29 is 14.3 Å². The SMILES string of the molecule is CCOC(=O)C=Cc1cc(OC)cnc1C. The number of aromatic nitrogens is 1. The van der Waals surface area contributed by atoms with E-state index in [-0.39, 0.29) is 5.97 Å². The molecule has 0 saturated heterocycles. The van der Waals surface area contributed by atoms with E-state index in [4.69, 9.17) is 9.47 Å². The molecule has 0 unspecified atom stereocenters. The van der Waals surface area contributed by atoms with Crippen LogP contribution in [0.5, 0.6) is 5.75 Å². The van der Waals surface area contributed by atoms with E-state index >= 15 is 0 Å². The second kappa shape index (κ2) is 5.90. The summed E-state index contributed by atoms with van der Waals surface area (Å²) in [7, 11) is 1.57. The topological polar surface area (TPSA) is 48.4 Å². The third kappa shape index (κ3) is 3.38. The van der Waals surface area contributed by atoms with Gasteiger partial charge in [0.05, 0.1) is 19.9 Å². The molecule has 0 spiro atoms. The fourth-order valence-electron chi connectivity index (χ4n) is 1.16. The smallest absolute Gasteiger partial charge is 0.330 e. The van der Waals surface area contributed by atoms with Gasteiger partial charge in [-0.05, 0) is 31.6 Å². The molecule has 0 atom stereocenters. The van der Waals surface area contributed by atoms with Gasteiger partial charge in [0.15, 0.2) is 0 Å². The maximum absolute atomic E-state index is 11.1. The lowest BCUT2D eigenvalue weighted by atomic mass is 10.2. The molecule has 1 aromatic heterocycles. The molecule has 0 saturated carbocycles. The van der Waals surface area contributed by atoms with Crippen LogP contribution in [0.25, 0.3) is 6.08 Å². The first-order valence-electron chi connectivity index (χ1n) is 5.02. The van der Waals surface area contributed by atoms with Crippen molar-refractivity contribution in [2.24, 2.45) is 0 Å². The summed E-state index contributed by atoms with van der Waals surface area (Å²) in [5.41, 5.74) is 1.67. The highest BCUT2D eigenvalue weighted by Crippen LogP contribution is 2.15. The number of aryl methyl sites for hydroxylation is 1. The number of methoxy groups -OCH3 is 1. The first-order chi connectivity index (χ1) is 7.67. The van der Waals surface area contributed by atoms with Crippen LogP contribution >= 0.6 is 0 Å². The Kier molecular flexibility index (Phi) is 4.51. The molecule has 0 aliphatic heterocycles. The highest BCUT2D eigenvalue weighted by atomic mass is 16.5. The molecule has 86 valence electrons. The lowest BCUT2D eigenvalue weighted by molar-refractivity contribution is -0.137. The van der Waals surface area contributed by atoms with Gasteiger partial charge >= 0.3 is 5.97 Å². The summed E-state index contributed by atoms with van der Waals surface area (Å²) >= 11 is 0. The number of hydrogen-bond acceptors (Lipinski definition) is 4. The van der Waals surface area contributed by atoms with Crippen LogP contribution in [0.15, 0.2) is 18.3 Å². The second-order valence-corrected chi connectivity index (χ2v) is 3.14. The highest BCUT2D eigenvalue weighted by Gasteiger charge is 2.00. The Hall–Kier alpha value is -1.84. The van der Waals surface area contributed by atoms with Gasteiger partial charge in [-0.25, -0.2) is 4.79 Å². The molecule has 0 aromatic carbocycles. The molecule has 0 aliphatic rings. The van der Waals surface area contributed by atoms with Gasteiger partial charge in [0, 0.05) is 11.8 Å². The number of carbonyl (C=O) groups excluding carboxylic acids is 1. The number of nitrogens with zero attached hydrogens (tertiary/aromatic N) is 1. The Labute approximate surface area is 94.9 Å². The van der Waals surface area contributed by atoms with Crippen molar-refractivity contribution >= 4 is 12.0 Å². The van der Waals surface area contributed by atoms with Crippen LogP contribution < -0.4 is 4.74 Å². The summed E-state index contributed by atoms with van der Waals surface area (Å²) in [6, 6.07) is 1.82. The van der Waals surface area contributed by atoms with Gasteiger partial charge in [-0.3, -0.25) is 4.98 Å². The average molecular weight is 221 g/mol. The van der Waals surface area contributed by atoms with Gasteiger partial charge < -0.3 is 9.47 Å². The van der Waals surface area contributed by atoms with E-state index in [1.165, 1.54) is 6.08 Å². The predicted molar refractivity (Wildman–Crippen MR) is 61.2 cm³/mol. The van der Waals surface area contributed by atoms with Crippen LogP contribution in [0, 0.1) is 6.92 Å². The third-order valence-electron chi connectivity index (χ3n) is 2.02. The number of esters is 1. The third-order valence-corrected chi connectivity index (χ3v) is 2.02. The predicted octanol–water partition coefficient (Wildman–Crippen LogP) is 1.97. The average Bonchev–Trinajstić information content (AvgIpc) is 2.28. The lowest BCUT2D eigenvalue weighted by Crippen LogP contribution is -1.99. The molecular weight excluding hydrogens is 206 g/mol. The Morgan fingerprint density at radius 3 is 2.94 bits per heavy atom. The van der Waals surface area contributed by atoms with Crippen molar-refractivity contribution in [3.05, 3.63) is 29.6 Å². The van der Waals surface area contributed by atoms with Crippen LogP contribution in [0.2, 0.25) is 0 Å². The van der Waals surface area contributed by atoms with Crippen LogP contribution in [-0.4, -0.2) is 24.7 Å². The summed E-state index contributed by atoms with van der Waals surface area (Å²) in [6.45, 7) is 4.01. The number of rotatable bonds is 4. The van der Waals surface area contributed by atoms with Crippen molar-refractivity contribution in [3.63, 3.8) is 0 Å². The quantitative estimate of drug-likeness (QED) is 0.576. The number of carbonyl (C=O) groups is 1. The molecule has 1 aromatic rings. The fourth-order valence-corrected chi connectivity index (χ4v) is 1.16. The minimum atomic E-state index is -0.357. The molecule has 1 rings (SSSR count). The van der Waals surface area contributed by atoms with E-state index in [2.05, 4.69) is 4.98 Å². The molecule has 0 N–H and O–H groups in total. The Balaban J connectivity index is 2.83.